The Hall–Kier alpha value is -2.75. The minimum absolute atomic E-state index is 0.00735. The van der Waals surface area contributed by atoms with Crippen molar-refractivity contribution in [1.29, 1.82) is 0 Å². The van der Waals surface area contributed by atoms with Crippen molar-refractivity contribution in [2.75, 3.05) is 29.8 Å². The van der Waals surface area contributed by atoms with Crippen LogP contribution in [0.3, 0.4) is 0 Å². The first-order chi connectivity index (χ1) is 15.2. The summed E-state index contributed by atoms with van der Waals surface area (Å²) >= 11 is 0. The smallest absolute Gasteiger partial charge is 0.326 e. The molecule has 0 radical (unpaired) electrons. The molecule has 1 saturated heterocycles. The highest BCUT2D eigenvalue weighted by Crippen LogP contribution is 2.38. The molecule has 2 aliphatic heterocycles. The van der Waals surface area contributed by atoms with Gasteiger partial charge in [-0.1, -0.05) is 12.8 Å². The van der Waals surface area contributed by atoms with Crippen molar-refractivity contribution in [2.24, 2.45) is 11.8 Å². The zero-order chi connectivity index (χ0) is 23.0. The van der Waals surface area contributed by atoms with Gasteiger partial charge in [0, 0.05) is 12.1 Å². The van der Waals surface area contributed by atoms with Crippen molar-refractivity contribution in [3.63, 3.8) is 0 Å². The maximum Gasteiger partial charge on any atom is 0.326 e. The topological polar surface area (TPSA) is 118 Å². The Kier molecular flexibility index (Phi) is 6.07. The van der Waals surface area contributed by atoms with E-state index >= 15 is 0 Å². The molecular weight excluding hydrogens is 436 g/mol. The van der Waals surface area contributed by atoms with Crippen molar-refractivity contribution < 1.29 is 32.3 Å². The van der Waals surface area contributed by atoms with Crippen LogP contribution in [0.5, 0.6) is 0 Å². The summed E-state index contributed by atoms with van der Waals surface area (Å²) in [5, 5.41) is 0. The van der Waals surface area contributed by atoms with Crippen LogP contribution in [0.4, 0.5) is 5.69 Å². The van der Waals surface area contributed by atoms with E-state index in [9.17, 15) is 27.6 Å². The summed E-state index contributed by atoms with van der Waals surface area (Å²) in [4.78, 5) is 50.6. The van der Waals surface area contributed by atoms with Crippen molar-refractivity contribution in [2.45, 2.75) is 39.0 Å². The number of carbonyl (C=O) groups excluding carboxylic acids is 4. The Morgan fingerprint density at radius 3 is 2.38 bits per heavy atom. The normalized spacial score (nSPS) is 22.7. The van der Waals surface area contributed by atoms with Crippen LogP contribution >= 0.6 is 0 Å². The number of Topliss-reactive ketones (excluding diaryl/α,β-unsaturated/α-hetero) is 1. The fourth-order valence-corrected chi connectivity index (χ4v) is 5.94. The Labute approximate surface area is 186 Å². The number of fused-ring (bicyclic) bond motifs is 2. The lowest BCUT2D eigenvalue weighted by Gasteiger charge is -2.19. The highest BCUT2D eigenvalue weighted by molar-refractivity contribution is 7.92. The Bertz CT molecular complexity index is 1060. The molecule has 2 fully saturated rings. The number of amides is 2. The Balaban J connectivity index is 1.35. The molecule has 3 aliphatic rings. The SMILES string of the molecule is CCS(=O)(=O)N1CCc2cc(C(=O)COC(=O)CN3C(=O)[C@@H]4CCCC[C@H]4C3=O)ccc21. The van der Waals surface area contributed by atoms with E-state index in [-0.39, 0.29) is 29.4 Å². The van der Waals surface area contributed by atoms with E-state index < -0.39 is 34.9 Å². The van der Waals surface area contributed by atoms with Gasteiger partial charge in [0.05, 0.1) is 23.3 Å². The standard InChI is InChI=1S/C22H26N2O7S/c1-2-32(29,30)24-10-9-14-11-15(7-8-18(14)24)19(25)13-31-20(26)12-23-21(27)16-5-3-4-6-17(16)22(23)28/h7-8,11,16-17H,2-6,9-10,12-13H2,1H3/t16-,17-/m1/s1. The average molecular weight is 463 g/mol. The lowest BCUT2D eigenvalue weighted by Crippen LogP contribution is -2.37. The third-order valence-electron chi connectivity index (χ3n) is 6.54. The number of ether oxygens (including phenoxy) is 1. The molecule has 1 aliphatic carbocycles. The predicted molar refractivity (Wildman–Crippen MR) is 114 cm³/mol. The highest BCUT2D eigenvalue weighted by atomic mass is 32.2. The molecule has 0 unspecified atom stereocenters. The number of carbonyl (C=O) groups is 4. The van der Waals surface area contributed by atoms with Gasteiger partial charge >= 0.3 is 5.97 Å². The number of benzene rings is 1. The summed E-state index contributed by atoms with van der Waals surface area (Å²) < 4.78 is 30.7. The number of hydrogen-bond donors (Lipinski definition) is 0. The van der Waals surface area contributed by atoms with E-state index in [2.05, 4.69) is 0 Å². The first kappa shape index (κ1) is 22.4. The molecule has 10 heteroatoms. The number of hydrogen-bond acceptors (Lipinski definition) is 7. The third-order valence-corrected chi connectivity index (χ3v) is 8.32. The fourth-order valence-electron chi connectivity index (χ4n) is 4.78. The molecule has 2 amide bonds. The van der Waals surface area contributed by atoms with E-state index in [0.717, 1.165) is 23.3 Å². The zero-order valence-corrected chi connectivity index (χ0v) is 18.7. The van der Waals surface area contributed by atoms with Gasteiger partial charge in [-0.2, -0.15) is 0 Å². The first-order valence-corrected chi connectivity index (χ1v) is 12.5. The van der Waals surface area contributed by atoms with E-state index in [1.807, 2.05) is 0 Å². The van der Waals surface area contributed by atoms with Gasteiger partial charge in [-0.3, -0.25) is 28.4 Å². The molecule has 4 rings (SSSR count). The second-order valence-electron chi connectivity index (χ2n) is 8.41. The second-order valence-corrected chi connectivity index (χ2v) is 10.6. The van der Waals surface area contributed by atoms with E-state index in [4.69, 9.17) is 4.74 Å². The number of likely N-dealkylation sites (tertiary alicyclic amines) is 1. The van der Waals surface area contributed by atoms with Crippen LogP contribution in [-0.4, -0.2) is 62.3 Å². The van der Waals surface area contributed by atoms with Gasteiger partial charge in [-0.25, -0.2) is 8.42 Å². The monoisotopic (exact) mass is 462 g/mol. The lowest BCUT2D eigenvalue weighted by atomic mass is 9.81. The van der Waals surface area contributed by atoms with E-state index in [1.54, 1.807) is 19.1 Å². The summed E-state index contributed by atoms with van der Waals surface area (Å²) in [6.07, 6.45) is 3.62. The molecule has 2 atom stereocenters. The molecule has 0 N–H and O–H groups in total. The fraction of sp³-hybridized carbons (Fsp3) is 0.545. The molecule has 32 heavy (non-hydrogen) atoms. The third kappa shape index (κ3) is 4.03. The largest absolute Gasteiger partial charge is 0.456 e. The van der Waals surface area contributed by atoms with Crippen LogP contribution in [-0.2, 0) is 35.6 Å². The number of imide groups is 1. The first-order valence-electron chi connectivity index (χ1n) is 10.9. The second kappa shape index (κ2) is 8.65. The highest BCUT2D eigenvalue weighted by Gasteiger charge is 2.48. The van der Waals surface area contributed by atoms with Crippen LogP contribution in [0.1, 0.15) is 48.5 Å². The van der Waals surface area contributed by atoms with Crippen molar-refractivity contribution in [3.05, 3.63) is 29.3 Å². The van der Waals surface area contributed by atoms with Gasteiger partial charge in [0.2, 0.25) is 21.8 Å². The van der Waals surface area contributed by atoms with Gasteiger partial charge in [-0.15, -0.1) is 0 Å². The molecule has 1 saturated carbocycles. The predicted octanol–water partition coefficient (Wildman–Crippen LogP) is 1.30. The summed E-state index contributed by atoms with van der Waals surface area (Å²) in [5.74, 6) is -2.58. The molecule has 0 aromatic heterocycles. The quantitative estimate of drug-likeness (QED) is 0.340. The summed E-state index contributed by atoms with van der Waals surface area (Å²) in [6, 6.07) is 4.72. The molecule has 9 nitrogen and oxygen atoms in total. The van der Waals surface area contributed by atoms with Crippen LogP contribution in [0.15, 0.2) is 18.2 Å². The molecule has 0 spiro atoms. The summed E-state index contributed by atoms with van der Waals surface area (Å²) in [6.45, 7) is 0.915. The van der Waals surface area contributed by atoms with Gasteiger partial charge in [-0.05, 0) is 49.9 Å². The molecule has 2 heterocycles. The summed E-state index contributed by atoms with van der Waals surface area (Å²) in [7, 11) is -3.38. The van der Waals surface area contributed by atoms with Crippen LogP contribution in [0, 0.1) is 11.8 Å². The Morgan fingerprint density at radius 2 is 1.75 bits per heavy atom. The average Bonchev–Trinajstić information content (AvgIpc) is 3.33. The van der Waals surface area contributed by atoms with Crippen LogP contribution < -0.4 is 4.31 Å². The van der Waals surface area contributed by atoms with Crippen LogP contribution in [0.2, 0.25) is 0 Å². The van der Waals surface area contributed by atoms with E-state index in [1.165, 1.54) is 10.4 Å². The zero-order valence-electron chi connectivity index (χ0n) is 17.9. The Morgan fingerprint density at radius 1 is 1.09 bits per heavy atom. The lowest BCUT2D eigenvalue weighted by molar-refractivity contribution is -0.152. The van der Waals surface area contributed by atoms with Gasteiger partial charge < -0.3 is 4.74 Å². The molecule has 1 aromatic rings. The van der Waals surface area contributed by atoms with E-state index in [0.29, 0.717) is 37.1 Å². The maximum atomic E-state index is 12.5. The van der Waals surface area contributed by atoms with Gasteiger partial charge in [0.15, 0.2) is 12.4 Å². The minimum Gasteiger partial charge on any atom is -0.456 e. The van der Waals surface area contributed by atoms with Crippen molar-refractivity contribution in [3.8, 4) is 0 Å². The van der Waals surface area contributed by atoms with Crippen molar-refractivity contribution in [1.82, 2.24) is 4.90 Å². The van der Waals surface area contributed by atoms with Gasteiger partial charge in [0.25, 0.3) is 0 Å². The molecule has 0 bridgehead atoms. The van der Waals surface area contributed by atoms with Crippen LogP contribution in [0.25, 0.3) is 0 Å². The maximum absolute atomic E-state index is 12.5. The number of sulfonamides is 1. The van der Waals surface area contributed by atoms with Crippen molar-refractivity contribution >= 4 is 39.3 Å². The number of ketones is 1. The number of anilines is 1. The molecule has 172 valence electrons. The molecule has 1 aromatic carbocycles. The number of esters is 1. The number of rotatable bonds is 7. The van der Waals surface area contributed by atoms with Gasteiger partial charge in [0.1, 0.15) is 6.54 Å². The summed E-state index contributed by atoms with van der Waals surface area (Å²) in [5.41, 5.74) is 1.62. The molecular formula is C22H26N2O7S. The number of nitrogens with zero attached hydrogens (tertiary/aromatic N) is 2. The minimum atomic E-state index is -3.38.